The number of hydrogen-bond acceptors (Lipinski definition) is 8. The molecule has 0 bridgehead atoms. The van der Waals surface area contributed by atoms with Crippen LogP contribution < -0.4 is 5.32 Å². The molecule has 2 amide bonds. The SMILES string of the molecule is CCOC(=O)C1=C(CN2CCN3C(=O)N(CC(C)(C)C)C[C@@H]3C2)NC(c2nccs2)=N[C@H]1c1cccc(F)c1C. The van der Waals surface area contributed by atoms with Crippen LogP contribution in [0.2, 0.25) is 0 Å². The smallest absolute Gasteiger partial charge is 0.338 e. The van der Waals surface area contributed by atoms with E-state index in [2.05, 4.69) is 36.0 Å². The second-order valence-corrected chi connectivity index (χ2v) is 12.6. The van der Waals surface area contributed by atoms with Crippen LogP contribution in [0.1, 0.15) is 49.9 Å². The predicted octanol–water partition coefficient (Wildman–Crippen LogP) is 3.97. The summed E-state index contributed by atoms with van der Waals surface area (Å²) in [6.07, 6.45) is 1.70. The number of carbonyl (C=O) groups excluding carboxylic acids is 2. The van der Waals surface area contributed by atoms with Gasteiger partial charge in [0.1, 0.15) is 11.9 Å². The molecule has 2 saturated heterocycles. The maximum Gasteiger partial charge on any atom is 0.338 e. The maximum atomic E-state index is 14.7. The standard InChI is InChI=1S/C29H37FN6O3S/c1-6-39-27(37)23-22(16-34-11-12-36-19(14-34)15-35(28(36)38)17-29(3,4)5)32-25(26-31-10-13-40-26)33-24(23)20-8-7-9-21(30)18(20)2/h7-10,13,19,24H,6,11-12,14-17H2,1-5H3,(H,32,33)/t19-,24-/m0/s1. The monoisotopic (exact) mass is 568 g/mol. The number of nitrogens with one attached hydrogen (secondary N) is 1. The number of urea groups is 1. The van der Waals surface area contributed by atoms with Gasteiger partial charge in [0.2, 0.25) is 0 Å². The van der Waals surface area contributed by atoms with Crippen molar-refractivity contribution in [3.63, 3.8) is 0 Å². The molecule has 0 radical (unpaired) electrons. The molecule has 0 unspecified atom stereocenters. The van der Waals surface area contributed by atoms with Crippen LogP contribution in [-0.2, 0) is 9.53 Å². The molecule has 40 heavy (non-hydrogen) atoms. The van der Waals surface area contributed by atoms with Gasteiger partial charge in [-0.3, -0.25) is 9.89 Å². The first-order valence-electron chi connectivity index (χ1n) is 13.7. The van der Waals surface area contributed by atoms with E-state index in [1.165, 1.54) is 17.4 Å². The molecule has 3 aliphatic rings. The minimum absolute atomic E-state index is 0.0188. The Morgan fingerprint density at radius 2 is 2.05 bits per heavy atom. The molecule has 0 saturated carbocycles. The number of rotatable bonds is 7. The summed E-state index contributed by atoms with van der Waals surface area (Å²) >= 11 is 1.44. The number of ether oxygens (including phenoxy) is 1. The lowest BCUT2D eigenvalue weighted by Gasteiger charge is -2.38. The van der Waals surface area contributed by atoms with Crippen molar-refractivity contribution in [3.8, 4) is 0 Å². The zero-order chi connectivity index (χ0) is 28.6. The van der Waals surface area contributed by atoms with E-state index < -0.39 is 12.0 Å². The fourth-order valence-corrected chi connectivity index (χ4v) is 6.27. The predicted molar refractivity (Wildman–Crippen MR) is 153 cm³/mol. The Labute approximate surface area is 238 Å². The van der Waals surface area contributed by atoms with E-state index in [4.69, 9.17) is 9.73 Å². The van der Waals surface area contributed by atoms with Crippen LogP contribution in [0, 0.1) is 18.2 Å². The number of thiazole rings is 1. The molecule has 2 aromatic rings. The zero-order valence-corrected chi connectivity index (χ0v) is 24.6. The van der Waals surface area contributed by atoms with Crippen LogP contribution in [0.4, 0.5) is 9.18 Å². The highest BCUT2D eigenvalue weighted by Crippen LogP contribution is 2.36. The average molecular weight is 569 g/mol. The number of esters is 1. The lowest BCUT2D eigenvalue weighted by atomic mass is 9.92. The summed E-state index contributed by atoms with van der Waals surface area (Å²) in [5.41, 5.74) is 2.10. The van der Waals surface area contributed by atoms with Crippen molar-refractivity contribution >= 4 is 29.2 Å². The molecule has 1 aromatic heterocycles. The lowest BCUT2D eigenvalue weighted by Crippen LogP contribution is -2.53. The number of halogens is 1. The summed E-state index contributed by atoms with van der Waals surface area (Å²) in [7, 11) is 0. The molecule has 1 aromatic carbocycles. The molecule has 0 aliphatic carbocycles. The highest BCUT2D eigenvalue weighted by molar-refractivity contribution is 7.11. The highest BCUT2D eigenvalue weighted by Gasteiger charge is 2.42. The van der Waals surface area contributed by atoms with Gasteiger partial charge in [0.15, 0.2) is 10.8 Å². The number of aromatic nitrogens is 1. The normalized spacial score (nSPS) is 21.9. The van der Waals surface area contributed by atoms with Gasteiger partial charge in [-0.2, -0.15) is 0 Å². The van der Waals surface area contributed by atoms with Crippen LogP contribution in [0.25, 0.3) is 0 Å². The van der Waals surface area contributed by atoms with Crippen molar-refractivity contribution in [2.45, 2.75) is 46.7 Å². The quantitative estimate of drug-likeness (QED) is 0.509. The van der Waals surface area contributed by atoms with E-state index >= 15 is 0 Å². The third-order valence-electron chi connectivity index (χ3n) is 7.42. The summed E-state index contributed by atoms with van der Waals surface area (Å²) in [6, 6.07) is 4.28. The van der Waals surface area contributed by atoms with Crippen LogP contribution >= 0.6 is 11.3 Å². The summed E-state index contributed by atoms with van der Waals surface area (Å²) < 4.78 is 20.2. The molecule has 2 atom stereocenters. The van der Waals surface area contributed by atoms with E-state index in [0.717, 1.165) is 0 Å². The van der Waals surface area contributed by atoms with Gasteiger partial charge in [-0.1, -0.05) is 32.9 Å². The van der Waals surface area contributed by atoms with Gasteiger partial charge in [-0.15, -0.1) is 11.3 Å². The number of aliphatic imine (C=N–C) groups is 1. The largest absolute Gasteiger partial charge is 0.463 e. The second kappa shape index (κ2) is 11.3. The molecular weight excluding hydrogens is 531 g/mol. The van der Waals surface area contributed by atoms with Crippen molar-refractivity contribution in [1.29, 1.82) is 0 Å². The lowest BCUT2D eigenvalue weighted by molar-refractivity contribution is -0.139. The van der Waals surface area contributed by atoms with E-state index in [1.807, 2.05) is 15.2 Å². The van der Waals surface area contributed by atoms with Crippen LogP contribution in [0.3, 0.4) is 0 Å². The molecule has 1 N–H and O–H groups in total. The Hall–Kier alpha value is -3.31. The Morgan fingerprint density at radius 3 is 2.75 bits per heavy atom. The maximum absolute atomic E-state index is 14.7. The molecule has 11 heteroatoms. The minimum atomic E-state index is -0.749. The molecular formula is C29H37FN6O3S. The van der Waals surface area contributed by atoms with Gasteiger partial charge >= 0.3 is 12.0 Å². The summed E-state index contributed by atoms with van der Waals surface area (Å²) in [6.45, 7) is 13.9. The van der Waals surface area contributed by atoms with Crippen molar-refractivity contribution in [2.75, 3.05) is 45.9 Å². The number of nitrogens with zero attached hydrogens (tertiary/aromatic N) is 5. The number of amidine groups is 1. The van der Waals surface area contributed by atoms with E-state index in [1.54, 1.807) is 32.2 Å². The first kappa shape index (κ1) is 28.2. The van der Waals surface area contributed by atoms with Gasteiger partial charge in [-0.25, -0.2) is 19.0 Å². The molecule has 2 fully saturated rings. The number of carbonyl (C=O) groups is 2. The fraction of sp³-hybridized carbons (Fsp3) is 0.517. The number of fused-ring (bicyclic) bond motifs is 1. The molecule has 0 spiro atoms. The van der Waals surface area contributed by atoms with Crippen LogP contribution in [0.15, 0.2) is 46.0 Å². The van der Waals surface area contributed by atoms with Crippen molar-refractivity contribution < 1.29 is 18.7 Å². The zero-order valence-electron chi connectivity index (χ0n) is 23.7. The Morgan fingerprint density at radius 1 is 1.25 bits per heavy atom. The van der Waals surface area contributed by atoms with Crippen molar-refractivity contribution in [3.05, 3.63) is 63.0 Å². The van der Waals surface area contributed by atoms with Gasteiger partial charge < -0.3 is 19.9 Å². The van der Waals surface area contributed by atoms with E-state index in [0.29, 0.717) is 72.5 Å². The van der Waals surface area contributed by atoms with Crippen molar-refractivity contribution in [2.24, 2.45) is 10.4 Å². The summed E-state index contributed by atoms with van der Waals surface area (Å²) in [5, 5.41) is 5.94. The number of amides is 2. The van der Waals surface area contributed by atoms with Gasteiger partial charge in [-0.05, 0) is 36.5 Å². The highest BCUT2D eigenvalue weighted by atomic mass is 32.1. The number of hydrogen-bond donors (Lipinski definition) is 1. The third-order valence-corrected chi connectivity index (χ3v) is 8.20. The summed E-state index contributed by atoms with van der Waals surface area (Å²) in [5.74, 6) is -0.294. The first-order valence-corrected chi connectivity index (χ1v) is 14.6. The second-order valence-electron chi connectivity index (χ2n) is 11.7. The van der Waals surface area contributed by atoms with Gasteiger partial charge in [0, 0.05) is 56.5 Å². The van der Waals surface area contributed by atoms with Gasteiger partial charge in [0.05, 0.1) is 18.2 Å². The first-order chi connectivity index (χ1) is 19.1. The van der Waals surface area contributed by atoms with Crippen LogP contribution in [0.5, 0.6) is 0 Å². The van der Waals surface area contributed by atoms with Gasteiger partial charge in [0.25, 0.3) is 0 Å². The van der Waals surface area contributed by atoms with Crippen molar-refractivity contribution in [1.82, 2.24) is 25.0 Å². The molecule has 3 aliphatic heterocycles. The molecule has 9 nitrogen and oxygen atoms in total. The third kappa shape index (κ3) is 5.76. The minimum Gasteiger partial charge on any atom is -0.463 e. The molecule has 5 rings (SSSR count). The summed E-state index contributed by atoms with van der Waals surface area (Å²) in [4.78, 5) is 42.0. The molecule has 214 valence electrons. The van der Waals surface area contributed by atoms with E-state index in [9.17, 15) is 14.0 Å². The fourth-order valence-electron chi connectivity index (χ4n) is 5.68. The van der Waals surface area contributed by atoms with E-state index in [-0.39, 0.29) is 29.9 Å². The topological polar surface area (TPSA) is 90.4 Å². The number of piperazine rings is 1. The Balaban J connectivity index is 1.48. The molecule has 4 heterocycles. The van der Waals surface area contributed by atoms with Crippen LogP contribution in [-0.4, -0.2) is 89.4 Å². The Bertz CT molecular complexity index is 1340. The average Bonchev–Trinajstić information content (AvgIpc) is 3.53. The number of benzene rings is 1. The Kier molecular flexibility index (Phi) is 7.96.